The number of hydrogen-bond donors (Lipinski definition) is 2. The lowest BCUT2D eigenvalue weighted by molar-refractivity contribution is -0.117. The van der Waals surface area contributed by atoms with Crippen molar-refractivity contribution in [3.63, 3.8) is 0 Å². The fourth-order valence-corrected chi connectivity index (χ4v) is 12.8. The number of sulfone groups is 3. The second-order valence-electron chi connectivity index (χ2n) is 18.0. The van der Waals surface area contributed by atoms with Gasteiger partial charge in [0.25, 0.3) is 0 Å². The molecule has 20 heteroatoms. The zero-order valence-electron chi connectivity index (χ0n) is 35.6. The van der Waals surface area contributed by atoms with Crippen LogP contribution in [0.15, 0.2) is 0 Å². The molecule has 60 heavy (non-hydrogen) atoms. The van der Waals surface area contributed by atoms with E-state index in [9.17, 15) is 39.6 Å². The predicted molar refractivity (Wildman–Crippen MR) is 241 cm³/mol. The highest BCUT2D eigenvalue weighted by Gasteiger charge is 2.38. The molecule has 5 unspecified atom stereocenters. The van der Waals surface area contributed by atoms with Gasteiger partial charge in [0, 0.05) is 62.8 Å². The molecule has 6 saturated heterocycles. The Labute approximate surface area is 364 Å². The molecule has 6 heterocycles. The Kier molecular flexibility index (Phi) is 23.3. The van der Waals surface area contributed by atoms with E-state index in [4.69, 9.17) is 9.47 Å². The van der Waals surface area contributed by atoms with Gasteiger partial charge in [-0.05, 0) is 101 Å². The summed E-state index contributed by atoms with van der Waals surface area (Å²) >= 11 is 0. The molecule has 0 radical (unpaired) electrons. The molecule has 356 valence electrons. The highest BCUT2D eigenvalue weighted by atomic mass is 32.2. The van der Waals surface area contributed by atoms with Crippen molar-refractivity contribution in [2.24, 2.45) is 0 Å². The lowest BCUT2D eigenvalue weighted by Gasteiger charge is -2.30. The van der Waals surface area contributed by atoms with Crippen molar-refractivity contribution in [3.8, 4) is 0 Å². The van der Waals surface area contributed by atoms with Gasteiger partial charge in [0.2, 0.25) is 0 Å². The molecule has 17 nitrogen and oxygen atoms in total. The summed E-state index contributed by atoms with van der Waals surface area (Å²) in [6.45, 7) is 15.0. The third-order valence-corrected chi connectivity index (χ3v) is 16.2. The molecule has 0 aromatic carbocycles. The van der Waals surface area contributed by atoms with Gasteiger partial charge in [0.1, 0.15) is 11.2 Å². The molecule has 6 aliphatic rings. The molecule has 6 fully saturated rings. The summed E-state index contributed by atoms with van der Waals surface area (Å²) in [5, 5.41) is 6.25. The number of ether oxygens (including phenoxy) is 2. The summed E-state index contributed by atoms with van der Waals surface area (Å²) in [4.78, 5) is 41.8. The highest BCUT2D eigenvalue weighted by Crippen LogP contribution is 2.25. The summed E-state index contributed by atoms with van der Waals surface area (Å²) in [6.07, 6.45) is 4.09. The van der Waals surface area contributed by atoms with Crippen LogP contribution in [0.1, 0.15) is 102 Å². The topological polar surface area (TPSA) is 209 Å². The first kappa shape index (κ1) is 57.9. The summed E-state index contributed by atoms with van der Waals surface area (Å²) in [5.74, 6) is 2.05. The number of rotatable bonds is 5. The largest absolute Gasteiger partial charge is 0.444 e. The van der Waals surface area contributed by atoms with Crippen LogP contribution in [0.2, 0.25) is 0 Å². The van der Waals surface area contributed by atoms with E-state index in [1.54, 1.807) is 11.9 Å². The molecule has 0 aliphatic carbocycles. The van der Waals surface area contributed by atoms with Crippen LogP contribution in [0, 0.1) is 0 Å². The minimum Gasteiger partial charge on any atom is -0.444 e. The standard InChI is InChI=1S/C14H26N2O4S.C9H18N2O2S.C9H15NO3.C5H11NO2S.3CH4/c1-14(2,3)20-13(17)16-7-5-11(9-16)15(4)12-6-8-21(18,19)10-12;1-11(8-2-4-10-6-8)9-3-5-14(12,13)7-9;1-9(2,3)13-8(12)10-5-4-7(11)6-10;1-6-5-2-3-9(7,8)4-5;;;/h11-12H,5-10H2,1-4H3;8-10H,2-7H2,1H3;4-6H2,1-3H3;5-6H,2-4H2,1H3;3*1H4. The van der Waals surface area contributed by atoms with Crippen molar-refractivity contribution in [2.75, 3.05) is 94.9 Å². The first-order valence-corrected chi connectivity index (χ1v) is 25.5. The SMILES string of the molecule is C.C.C.CC(C)(C)OC(=O)N1CCC(=O)C1.CN(C1CCN(C(=O)OC(C)(C)C)C1)C1CCS(=O)(=O)C1.CN(C1CCNC1)C1CCS(=O)(=O)C1.CNC1CCS(=O)(=O)C1. The van der Waals surface area contributed by atoms with Crippen molar-refractivity contribution >= 4 is 47.5 Å². The van der Waals surface area contributed by atoms with E-state index < -0.39 is 46.8 Å². The highest BCUT2D eigenvalue weighted by molar-refractivity contribution is 7.92. The summed E-state index contributed by atoms with van der Waals surface area (Å²) in [7, 11) is -2.45. The fraction of sp³-hybridized carbons (Fsp3) is 0.925. The number of Topliss-reactive ketones (excluding diaryl/α,β-unsaturated/α-hetero) is 1. The minimum absolute atomic E-state index is 0. The van der Waals surface area contributed by atoms with E-state index in [0.717, 1.165) is 38.8 Å². The van der Waals surface area contributed by atoms with Crippen LogP contribution in [0.4, 0.5) is 9.59 Å². The Morgan fingerprint density at radius 3 is 1.48 bits per heavy atom. The van der Waals surface area contributed by atoms with Gasteiger partial charge in [0.15, 0.2) is 35.3 Å². The second-order valence-corrected chi connectivity index (χ2v) is 24.7. The number of hydrogen-bond acceptors (Lipinski definition) is 15. The average Bonchev–Trinajstić information content (AvgIpc) is 3.93. The lowest BCUT2D eigenvalue weighted by atomic mass is 10.1. The summed E-state index contributed by atoms with van der Waals surface area (Å²) < 4.78 is 77.8. The molecule has 2 N–H and O–H groups in total. The number of carbonyl (C=O) groups excluding carboxylic acids is 3. The molecule has 0 spiro atoms. The molecule has 5 atom stereocenters. The maximum Gasteiger partial charge on any atom is 0.410 e. The Morgan fingerprint density at radius 2 is 1.13 bits per heavy atom. The molecular weight excluding hydrogens is 837 g/mol. The maximum atomic E-state index is 12.0. The molecule has 0 saturated carbocycles. The van der Waals surface area contributed by atoms with Crippen molar-refractivity contribution in [1.82, 2.24) is 30.2 Å². The monoisotopic (exact) mass is 919 g/mol. The smallest absolute Gasteiger partial charge is 0.410 e. The molecule has 2 amide bonds. The van der Waals surface area contributed by atoms with Gasteiger partial charge >= 0.3 is 12.2 Å². The number of carbonyl (C=O) groups is 3. The zero-order valence-corrected chi connectivity index (χ0v) is 38.1. The van der Waals surface area contributed by atoms with Crippen LogP contribution < -0.4 is 10.6 Å². The van der Waals surface area contributed by atoms with Gasteiger partial charge in [-0.1, -0.05) is 22.3 Å². The quantitative estimate of drug-likeness (QED) is 0.406. The van der Waals surface area contributed by atoms with Crippen LogP contribution in [0.5, 0.6) is 0 Å². The molecule has 0 aromatic rings. The second kappa shape index (κ2) is 24.1. The van der Waals surface area contributed by atoms with E-state index in [1.165, 1.54) is 4.90 Å². The van der Waals surface area contributed by atoms with Gasteiger partial charge < -0.3 is 29.9 Å². The molecule has 0 bridgehead atoms. The van der Waals surface area contributed by atoms with E-state index >= 15 is 0 Å². The fourth-order valence-electron chi connectivity index (χ4n) is 7.48. The van der Waals surface area contributed by atoms with E-state index in [0.29, 0.717) is 61.5 Å². The van der Waals surface area contributed by atoms with E-state index in [-0.39, 0.29) is 76.4 Å². The Balaban J connectivity index is 0.000000793. The Hall–Kier alpha value is -2.10. The van der Waals surface area contributed by atoms with Gasteiger partial charge in [0.05, 0.1) is 41.1 Å². The first-order valence-electron chi connectivity index (χ1n) is 20.1. The van der Waals surface area contributed by atoms with Gasteiger partial charge in [-0.15, -0.1) is 0 Å². The predicted octanol–water partition coefficient (Wildman–Crippen LogP) is 3.08. The molecule has 0 aromatic heterocycles. The summed E-state index contributed by atoms with van der Waals surface area (Å²) in [5.41, 5.74) is -0.969. The third kappa shape index (κ3) is 19.9. The molecular formula is C40H82N6O11S3. The minimum atomic E-state index is -2.87. The van der Waals surface area contributed by atoms with Crippen molar-refractivity contribution < 1.29 is 49.1 Å². The lowest BCUT2D eigenvalue weighted by Crippen LogP contribution is -2.43. The Morgan fingerprint density at radius 1 is 0.667 bits per heavy atom. The van der Waals surface area contributed by atoms with Gasteiger partial charge in [-0.2, -0.15) is 0 Å². The third-order valence-electron chi connectivity index (χ3n) is 10.9. The van der Waals surface area contributed by atoms with Crippen molar-refractivity contribution in [3.05, 3.63) is 0 Å². The van der Waals surface area contributed by atoms with Crippen LogP contribution >= 0.6 is 0 Å². The normalized spacial score (nSPS) is 27.5. The molecule has 6 rings (SSSR count). The number of nitrogens with zero attached hydrogens (tertiary/aromatic N) is 4. The van der Waals surface area contributed by atoms with Crippen molar-refractivity contribution in [2.45, 2.75) is 144 Å². The number of amides is 2. The zero-order chi connectivity index (χ0) is 43.0. The van der Waals surface area contributed by atoms with Crippen LogP contribution in [0.25, 0.3) is 0 Å². The van der Waals surface area contributed by atoms with E-state index in [1.807, 2.05) is 48.6 Å². The van der Waals surface area contributed by atoms with Gasteiger partial charge in [-0.25, -0.2) is 34.8 Å². The number of nitrogens with one attached hydrogen (secondary N) is 2. The average molecular weight is 919 g/mol. The van der Waals surface area contributed by atoms with Gasteiger partial charge in [-0.3, -0.25) is 14.6 Å². The van der Waals surface area contributed by atoms with Crippen LogP contribution in [0.3, 0.4) is 0 Å². The van der Waals surface area contributed by atoms with Crippen LogP contribution in [-0.4, -0.2) is 199 Å². The van der Waals surface area contributed by atoms with Crippen molar-refractivity contribution in [1.29, 1.82) is 0 Å². The van der Waals surface area contributed by atoms with E-state index in [2.05, 4.69) is 27.5 Å². The summed E-state index contributed by atoms with van der Waals surface area (Å²) in [6, 6.07) is 1.29. The maximum absolute atomic E-state index is 12.0. The number of ketones is 1. The Bertz CT molecular complexity index is 1690. The first-order chi connectivity index (χ1) is 26.2. The number of likely N-dealkylation sites (tertiary alicyclic amines) is 2. The molecule has 6 aliphatic heterocycles. The van der Waals surface area contributed by atoms with Crippen LogP contribution in [-0.2, 0) is 43.8 Å². The number of likely N-dealkylation sites (N-methyl/N-ethyl adjacent to an activating group) is 2.